The van der Waals surface area contributed by atoms with Crippen LogP contribution in [0, 0.1) is 0 Å². The number of carbonyl (C=O) groups is 1. The summed E-state index contributed by atoms with van der Waals surface area (Å²) in [6, 6.07) is -1.37. The van der Waals surface area contributed by atoms with Gasteiger partial charge in [0.15, 0.2) is 11.5 Å². The minimum absolute atomic E-state index is 0.0232. The van der Waals surface area contributed by atoms with Gasteiger partial charge in [0.1, 0.15) is 5.52 Å². The number of fused-ring (bicyclic) bond motifs is 1. The molecule has 1 fully saturated rings. The molecule has 0 radical (unpaired) electrons. The number of anilines is 2. The number of nitrogens with two attached hydrogens (primary N) is 4. The van der Waals surface area contributed by atoms with Gasteiger partial charge < -0.3 is 42.6 Å². The molecule has 0 saturated carbocycles. The van der Waals surface area contributed by atoms with Crippen LogP contribution in [0.15, 0.2) is 6.33 Å². The molecule has 0 unspecified atom stereocenters. The Morgan fingerprint density at radius 3 is 2.77 bits per heavy atom. The van der Waals surface area contributed by atoms with E-state index >= 15 is 0 Å². The third kappa shape index (κ3) is 4.46. The van der Waals surface area contributed by atoms with E-state index in [2.05, 4.69) is 15.0 Å². The molecule has 0 spiro atoms. The van der Waals surface area contributed by atoms with Crippen LogP contribution in [0.1, 0.15) is 38.6 Å². The van der Waals surface area contributed by atoms with Gasteiger partial charge in [-0.1, -0.05) is 6.42 Å². The zero-order valence-corrected chi connectivity index (χ0v) is 17.1. The van der Waals surface area contributed by atoms with Crippen LogP contribution in [0.5, 0.6) is 0 Å². The first-order valence-electron chi connectivity index (χ1n) is 10.0. The predicted molar refractivity (Wildman–Crippen MR) is 112 cm³/mol. The van der Waals surface area contributed by atoms with Crippen LogP contribution in [0.2, 0.25) is 0 Å². The van der Waals surface area contributed by atoms with Crippen molar-refractivity contribution in [2.24, 2.45) is 11.5 Å². The summed E-state index contributed by atoms with van der Waals surface area (Å²) in [5, 5.41) is 21.6. The van der Waals surface area contributed by atoms with Crippen molar-refractivity contribution in [3.05, 3.63) is 6.33 Å². The van der Waals surface area contributed by atoms with Gasteiger partial charge in [-0.15, -0.1) is 0 Å². The molecule has 1 aliphatic heterocycles. The molecule has 1 aliphatic rings. The molecular weight excluding hydrogens is 390 g/mol. The first kappa shape index (κ1) is 22.2. The number of likely N-dealkylation sites (tertiary alicyclic amines) is 1. The highest BCUT2D eigenvalue weighted by Crippen LogP contribution is 2.34. The molecular formula is C18H31N9O3. The van der Waals surface area contributed by atoms with Crippen LogP contribution in [0.3, 0.4) is 0 Å². The molecule has 3 heterocycles. The summed E-state index contributed by atoms with van der Waals surface area (Å²) >= 11 is 0. The van der Waals surface area contributed by atoms with Crippen molar-refractivity contribution in [3.63, 3.8) is 0 Å². The zero-order valence-electron chi connectivity index (χ0n) is 17.1. The van der Waals surface area contributed by atoms with Gasteiger partial charge in [0.2, 0.25) is 11.9 Å². The Labute approximate surface area is 174 Å². The van der Waals surface area contributed by atoms with E-state index in [1.807, 2.05) is 0 Å². The molecule has 1 amide bonds. The van der Waals surface area contributed by atoms with Crippen LogP contribution >= 0.6 is 0 Å². The standard InChI is InChI=1S/C18H31N9O3/c1-18(30)6-10(28)7-26(16(29)11(20)4-2-3-5-19)8-12(18)27-9-23-13-14(21)24-17(22)25-15(13)27/h9-12,28,30H,2-8,19-20H2,1H3,(H4,21,22,24,25)/t10-,11-,12+,18+/m0/s1. The molecule has 30 heavy (non-hydrogen) atoms. The van der Waals surface area contributed by atoms with Crippen LogP contribution in [0.4, 0.5) is 11.8 Å². The fourth-order valence-electron chi connectivity index (χ4n) is 4.03. The van der Waals surface area contributed by atoms with Gasteiger partial charge >= 0.3 is 0 Å². The van der Waals surface area contributed by atoms with Crippen molar-refractivity contribution in [1.29, 1.82) is 0 Å². The van der Waals surface area contributed by atoms with Crippen LogP contribution in [0.25, 0.3) is 11.2 Å². The van der Waals surface area contributed by atoms with Gasteiger partial charge in [0, 0.05) is 19.5 Å². The van der Waals surface area contributed by atoms with E-state index in [9.17, 15) is 15.0 Å². The SMILES string of the molecule is C[C@@]1(O)C[C@H](O)CN(C(=O)[C@@H](N)CCCCN)C[C@H]1n1cnc2c(N)nc(N)nc21. The van der Waals surface area contributed by atoms with Crippen molar-refractivity contribution < 1.29 is 15.0 Å². The van der Waals surface area contributed by atoms with Gasteiger partial charge in [-0.2, -0.15) is 9.97 Å². The van der Waals surface area contributed by atoms with E-state index in [1.54, 1.807) is 11.5 Å². The lowest BCUT2D eigenvalue weighted by molar-refractivity contribution is -0.134. The van der Waals surface area contributed by atoms with E-state index in [0.29, 0.717) is 24.1 Å². The fraction of sp³-hybridized carbons (Fsp3) is 0.667. The number of aliphatic hydroxyl groups excluding tert-OH is 1. The maximum Gasteiger partial charge on any atom is 0.239 e. The molecule has 0 bridgehead atoms. The lowest BCUT2D eigenvalue weighted by Crippen LogP contribution is -2.48. The second-order valence-electron chi connectivity index (χ2n) is 8.16. The monoisotopic (exact) mass is 421 g/mol. The van der Waals surface area contributed by atoms with Gasteiger partial charge in [-0.05, 0) is 26.3 Å². The topological polar surface area (TPSA) is 208 Å². The number of nitrogen functional groups attached to an aromatic ring is 2. The highest BCUT2D eigenvalue weighted by molar-refractivity contribution is 5.83. The number of rotatable bonds is 6. The Morgan fingerprint density at radius 2 is 2.07 bits per heavy atom. The highest BCUT2D eigenvalue weighted by atomic mass is 16.3. The van der Waals surface area contributed by atoms with Crippen molar-refractivity contribution in [3.8, 4) is 0 Å². The number of imidazole rings is 1. The molecule has 12 heteroatoms. The van der Waals surface area contributed by atoms with E-state index in [0.717, 1.165) is 12.8 Å². The molecule has 0 aromatic carbocycles. The number of unbranched alkanes of at least 4 members (excludes halogenated alkanes) is 1. The number of β-amino-alcohol motifs (C(OH)–C–C–N with tert-alkyl or cyclic N) is 1. The Morgan fingerprint density at radius 1 is 1.33 bits per heavy atom. The number of aromatic nitrogens is 4. The Hall–Kier alpha value is -2.54. The van der Waals surface area contributed by atoms with Crippen LogP contribution in [-0.4, -0.2) is 77.9 Å². The lowest BCUT2D eigenvalue weighted by Gasteiger charge is -2.34. The summed E-state index contributed by atoms with van der Waals surface area (Å²) in [4.78, 5) is 26.8. The fourth-order valence-corrected chi connectivity index (χ4v) is 4.03. The third-order valence-corrected chi connectivity index (χ3v) is 5.59. The van der Waals surface area contributed by atoms with Crippen molar-refractivity contribution in [2.45, 2.75) is 56.4 Å². The predicted octanol–water partition coefficient (Wildman–Crippen LogP) is -1.67. The zero-order chi connectivity index (χ0) is 22.1. The number of nitrogens with zero attached hydrogens (tertiary/aromatic N) is 5. The van der Waals surface area contributed by atoms with Crippen LogP contribution in [-0.2, 0) is 4.79 Å². The molecule has 2 aromatic heterocycles. The maximum absolute atomic E-state index is 13.0. The maximum atomic E-state index is 13.0. The first-order valence-corrected chi connectivity index (χ1v) is 10.0. The number of hydrogen-bond donors (Lipinski definition) is 6. The first-order chi connectivity index (χ1) is 14.1. The molecule has 3 rings (SSSR count). The summed E-state index contributed by atoms with van der Waals surface area (Å²) in [5.74, 6) is -0.184. The number of hydrogen-bond acceptors (Lipinski definition) is 10. The molecule has 0 aliphatic carbocycles. The Kier molecular flexibility index (Phi) is 6.41. The van der Waals surface area contributed by atoms with Crippen LogP contribution < -0.4 is 22.9 Å². The van der Waals surface area contributed by atoms with Crippen molar-refractivity contribution >= 4 is 28.8 Å². The van der Waals surface area contributed by atoms with E-state index in [-0.39, 0.29) is 37.2 Å². The number of carbonyl (C=O) groups excluding carboxylic acids is 1. The number of aliphatic hydroxyl groups is 2. The van der Waals surface area contributed by atoms with Crippen molar-refractivity contribution in [2.75, 3.05) is 31.1 Å². The quantitative estimate of drug-likeness (QED) is 0.292. The van der Waals surface area contributed by atoms with Gasteiger partial charge in [-0.3, -0.25) is 4.79 Å². The average molecular weight is 422 g/mol. The molecule has 4 atom stereocenters. The summed E-state index contributed by atoms with van der Waals surface area (Å²) in [7, 11) is 0. The molecule has 1 saturated heterocycles. The summed E-state index contributed by atoms with van der Waals surface area (Å²) in [6.07, 6.45) is 2.64. The normalized spacial score (nSPS) is 26.0. The van der Waals surface area contributed by atoms with Gasteiger partial charge in [0.25, 0.3) is 0 Å². The van der Waals surface area contributed by atoms with E-state index in [1.165, 1.54) is 11.2 Å². The molecule has 2 aromatic rings. The van der Waals surface area contributed by atoms with E-state index in [4.69, 9.17) is 22.9 Å². The minimum Gasteiger partial charge on any atom is -0.391 e. The largest absolute Gasteiger partial charge is 0.391 e. The van der Waals surface area contributed by atoms with Crippen molar-refractivity contribution in [1.82, 2.24) is 24.4 Å². The Bertz CT molecular complexity index is 900. The summed E-state index contributed by atoms with van der Waals surface area (Å²) in [5.41, 5.74) is 22.6. The van der Waals surface area contributed by atoms with E-state index < -0.39 is 23.8 Å². The third-order valence-electron chi connectivity index (χ3n) is 5.59. The molecule has 12 nitrogen and oxygen atoms in total. The highest BCUT2D eigenvalue weighted by Gasteiger charge is 2.42. The average Bonchev–Trinajstić information content (AvgIpc) is 3.02. The number of amides is 1. The smallest absolute Gasteiger partial charge is 0.239 e. The lowest BCUT2D eigenvalue weighted by atomic mass is 9.91. The molecule has 166 valence electrons. The second-order valence-corrected chi connectivity index (χ2v) is 8.16. The minimum atomic E-state index is -1.36. The van der Waals surface area contributed by atoms with Gasteiger partial charge in [0.05, 0.1) is 30.1 Å². The summed E-state index contributed by atoms with van der Waals surface area (Å²) in [6.45, 7) is 2.33. The summed E-state index contributed by atoms with van der Waals surface area (Å²) < 4.78 is 1.63. The Balaban J connectivity index is 1.94. The van der Waals surface area contributed by atoms with Gasteiger partial charge in [-0.25, -0.2) is 4.98 Å². The molecule has 10 N–H and O–H groups in total. The second kappa shape index (κ2) is 8.68.